The number of benzene rings is 2. The highest BCUT2D eigenvalue weighted by Gasteiger charge is 2.36. The fourth-order valence-electron chi connectivity index (χ4n) is 4.07. The summed E-state index contributed by atoms with van der Waals surface area (Å²) < 4.78 is 6.06. The molecule has 0 aromatic heterocycles. The minimum absolute atomic E-state index is 0.0219. The Morgan fingerprint density at radius 2 is 1.68 bits per heavy atom. The predicted octanol–water partition coefficient (Wildman–Crippen LogP) is 3.29. The minimum atomic E-state index is -0.385. The van der Waals surface area contributed by atoms with E-state index in [9.17, 15) is 14.4 Å². The first-order valence-corrected chi connectivity index (χ1v) is 11.3. The summed E-state index contributed by atoms with van der Waals surface area (Å²) in [6.07, 6.45) is 0.297. The van der Waals surface area contributed by atoms with E-state index in [2.05, 4.69) is 17.1 Å². The van der Waals surface area contributed by atoms with Gasteiger partial charge in [-0.2, -0.15) is 0 Å². The Kier molecular flexibility index (Phi) is 6.18. The standard InChI is InChI=1S/C23H25N3O4S/c1-3-25-18-8-6-5-7-17(18)22(28)26(4-2)20(25)14-30-16-11-9-15(10-12-16)13-19-21(27)24-23(29)31-19/h5-12,19-20H,3-4,13-14H2,1-2H3,(H,24,27,29). The molecule has 2 aliphatic rings. The van der Waals surface area contributed by atoms with Gasteiger partial charge in [0.15, 0.2) is 0 Å². The Hall–Kier alpha value is -3.00. The van der Waals surface area contributed by atoms with E-state index < -0.39 is 0 Å². The molecule has 1 N–H and O–H groups in total. The second kappa shape index (κ2) is 9.01. The summed E-state index contributed by atoms with van der Waals surface area (Å²) in [5, 5.41) is 1.63. The number of likely N-dealkylation sites (N-methyl/N-ethyl adjacent to an activating group) is 2. The fraction of sp³-hybridized carbons (Fsp3) is 0.348. The molecular formula is C23H25N3O4S. The van der Waals surface area contributed by atoms with Crippen molar-refractivity contribution < 1.29 is 19.1 Å². The average Bonchev–Trinajstić information content (AvgIpc) is 3.10. The lowest BCUT2D eigenvalue weighted by atomic mass is 10.1. The Labute approximate surface area is 185 Å². The van der Waals surface area contributed by atoms with E-state index in [1.807, 2.05) is 60.4 Å². The number of anilines is 1. The topological polar surface area (TPSA) is 79.0 Å². The van der Waals surface area contributed by atoms with Gasteiger partial charge < -0.3 is 14.5 Å². The highest BCUT2D eigenvalue weighted by Crippen LogP contribution is 2.31. The number of nitrogens with one attached hydrogen (secondary N) is 1. The van der Waals surface area contributed by atoms with E-state index in [1.165, 1.54) is 0 Å². The number of fused-ring (bicyclic) bond motifs is 1. The lowest BCUT2D eigenvalue weighted by molar-refractivity contribution is -0.118. The Bertz CT molecular complexity index is 995. The number of carbonyl (C=O) groups is 3. The van der Waals surface area contributed by atoms with E-state index in [0.717, 1.165) is 35.1 Å². The van der Waals surface area contributed by atoms with Gasteiger partial charge in [0.05, 0.1) is 16.5 Å². The zero-order valence-electron chi connectivity index (χ0n) is 17.5. The molecule has 1 fully saturated rings. The van der Waals surface area contributed by atoms with Crippen molar-refractivity contribution in [3.05, 3.63) is 59.7 Å². The summed E-state index contributed by atoms with van der Waals surface area (Å²) in [4.78, 5) is 40.1. The van der Waals surface area contributed by atoms with Crippen LogP contribution in [0, 0.1) is 0 Å². The highest BCUT2D eigenvalue weighted by atomic mass is 32.2. The van der Waals surface area contributed by atoms with Crippen molar-refractivity contribution in [3.63, 3.8) is 0 Å². The highest BCUT2D eigenvalue weighted by molar-refractivity contribution is 8.15. The van der Waals surface area contributed by atoms with E-state index in [4.69, 9.17) is 4.74 Å². The molecule has 162 valence electrons. The van der Waals surface area contributed by atoms with Crippen LogP contribution in [0.25, 0.3) is 0 Å². The van der Waals surface area contributed by atoms with Crippen LogP contribution < -0.4 is 15.0 Å². The zero-order valence-corrected chi connectivity index (χ0v) is 18.4. The lowest BCUT2D eigenvalue weighted by Crippen LogP contribution is -2.57. The van der Waals surface area contributed by atoms with E-state index in [0.29, 0.717) is 25.3 Å². The molecule has 2 heterocycles. The number of thioether (sulfide) groups is 1. The first kappa shape index (κ1) is 21.2. The third kappa shape index (κ3) is 4.25. The molecule has 2 aliphatic heterocycles. The summed E-state index contributed by atoms with van der Waals surface area (Å²) in [5.74, 6) is 0.479. The SMILES string of the molecule is CCN1C(=O)c2ccccc2N(CC)C1COc1ccc(CC2SC(=O)NC2=O)cc1. The van der Waals surface area contributed by atoms with Crippen LogP contribution >= 0.6 is 11.8 Å². The van der Waals surface area contributed by atoms with Gasteiger partial charge in [0.1, 0.15) is 18.5 Å². The molecule has 31 heavy (non-hydrogen) atoms. The number of carbonyl (C=O) groups excluding carboxylic acids is 3. The number of nitrogens with zero attached hydrogens (tertiary/aromatic N) is 2. The molecule has 0 saturated carbocycles. The van der Waals surface area contributed by atoms with Crippen LogP contribution in [0.2, 0.25) is 0 Å². The van der Waals surface area contributed by atoms with Gasteiger partial charge in [0.25, 0.3) is 11.1 Å². The summed E-state index contributed by atoms with van der Waals surface area (Å²) in [7, 11) is 0. The van der Waals surface area contributed by atoms with Crippen molar-refractivity contribution >= 4 is 34.5 Å². The van der Waals surface area contributed by atoms with Crippen LogP contribution in [0.4, 0.5) is 10.5 Å². The fourth-order valence-corrected chi connectivity index (χ4v) is 4.93. The van der Waals surface area contributed by atoms with E-state index >= 15 is 0 Å². The summed E-state index contributed by atoms with van der Waals surface area (Å²) >= 11 is 1.03. The third-order valence-corrected chi connectivity index (χ3v) is 6.60. The smallest absolute Gasteiger partial charge is 0.286 e. The van der Waals surface area contributed by atoms with Crippen LogP contribution in [0.5, 0.6) is 5.75 Å². The molecule has 4 rings (SSSR count). The molecule has 2 aromatic carbocycles. The van der Waals surface area contributed by atoms with Crippen molar-refractivity contribution in [2.75, 3.05) is 24.6 Å². The molecule has 2 unspecified atom stereocenters. The molecular weight excluding hydrogens is 414 g/mol. The second-order valence-electron chi connectivity index (χ2n) is 7.42. The molecule has 0 spiro atoms. The van der Waals surface area contributed by atoms with Crippen LogP contribution in [-0.4, -0.2) is 53.1 Å². The maximum Gasteiger partial charge on any atom is 0.286 e. The molecule has 7 nitrogen and oxygen atoms in total. The molecule has 0 bridgehead atoms. The normalized spacial score (nSPS) is 20.6. The number of hydrogen-bond acceptors (Lipinski definition) is 6. The number of para-hydroxylation sites is 1. The molecule has 0 aliphatic carbocycles. The van der Waals surface area contributed by atoms with Crippen molar-refractivity contribution in [3.8, 4) is 5.75 Å². The number of hydrogen-bond donors (Lipinski definition) is 1. The first-order valence-electron chi connectivity index (χ1n) is 10.4. The molecule has 2 atom stereocenters. The maximum absolute atomic E-state index is 13.0. The van der Waals surface area contributed by atoms with Gasteiger partial charge >= 0.3 is 0 Å². The van der Waals surface area contributed by atoms with Gasteiger partial charge in [0, 0.05) is 13.1 Å². The van der Waals surface area contributed by atoms with E-state index in [1.54, 1.807) is 0 Å². The summed E-state index contributed by atoms with van der Waals surface area (Å²) in [5.41, 5.74) is 2.62. The number of amides is 3. The summed E-state index contributed by atoms with van der Waals surface area (Å²) in [6.45, 7) is 5.74. The third-order valence-electron chi connectivity index (χ3n) is 5.62. The van der Waals surface area contributed by atoms with Gasteiger partial charge in [-0.3, -0.25) is 19.7 Å². The van der Waals surface area contributed by atoms with Crippen molar-refractivity contribution in [1.82, 2.24) is 10.2 Å². The quantitative estimate of drug-likeness (QED) is 0.713. The van der Waals surface area contributed by atoms with Gasteiger partial charge in [0.2, 0.25) is 5.91 Å². The van der Waals surface area contributed by atoms with Crippen molar-refractivity contribution in [2.45, 2.75) is 31.7 Å². The van der Waals surface area contributed by atoms with Crippen molar-refractivity contribution in [2.24, 2.45) is 0 Å². The van der Waals surface area contributed by atoms with Gasteiger partial charge in [-0.15, -0.1) is 0 Å². The Balaban J connectivity index is 1.44. The van der Waals surface area contributed by atoms with Gasteiger partial charge in [-0.25, -0.2) is 0 Å². The molecule has 0 radical (unpaired) electrons. The van der Waals surface area contributed by atoms with Gasteiger partial charge in [-0.1, -0.05) is 36.0 Å². The number of rotatable bonds is 7. The number of imide groups is 1. The van der Waals surface area contributed by atoms with Gasteiger partial charge in [-0.05, 0) is 50.1 Å². The average molecular weight is 440 g/mol. The lowest BCUT2D eigenvalue weighted by Gasteiger charge is -2.44. The van der Waals surface area contributed by atoms with Crippen LogP contribution in [0.1, 0.15) is 29.8 Å². The molecule has 1 saturated heterocycles. The monoisotopic (exact) mass is 439 g/mol. The molecule has 2 aromatic rings. The molecule has 8 heteroatoms. The first-order chi connectivity index (χ1) is 15.0. The van der Waals surface area contributed by atoms with E-state index in [-0.39, 0.29) is 28.5 Å². The maximum atomic E-state index is 13.0. The number of ether oxygens (including phenoxy) is 1. The predicted molar refractivity (Wildman–Crippen MR) is 121 cm³/mol. The second-order valence-corrected chi connectivity index (χ2v) is 8.59. The van der Waals surface area contributed by atoms with Crippen molar-refractivity contribution in [1.29, 1.82) is 0 Å². The van der Waals surface area contributed by atoms with Crippen LogP contribution in [0.15, 0.2) is 48.5 Å². The largest absolute Gasteiger partial charge is 0.489 e. The van der Waals surface area contributed by atoms with Crippen LogP contribution in [-0.2, 0) is 11.2 Å². The Morgan fingerprint density at radius 3 is 2.32 bits per heavy atom. The summed E-state index contributed by atoms with van der Waals surface area (Å²) in [6, 6.07) is 15.2. The Morgan fingerprint density at radius 1 is 0.968 bits per heavy atom. The van der Waals surface area contributed by atoms with Crippen LogP contribution in [0.3, 0.4) is 0 Å². The zero-order chi connectivity index (χ0) is 22.0. The minimum Gasteiger partial charge on any atom is -0.489 e. The molecule has 3 amide bonds.